The summed E-state index contributed by atoms with van der Waals surface area (Å²) in [6.07, 6.45) is 6.16. The Morgan fingerprint density at radius 2 is 1.83 bits per heavy atom. The third-order valence-electron chi connectivity index (χ3n) is 5.46. The Balaban J connectivity index is 1.46. The summed E-state index contributed by atoms with van der Waals surface area (Å²) < 4.78 is 20.3. The van der Waals surface area contributed by atoms with Gasteiger partial charge in [0.2, 0.25) is 5.91 Å². The average Bonchev–Trinajstić information content (AvgIpc) is 3.17. The predicted octanol–water partition coefficient (Wildman–Crippen LogP) is 4.94. The van der Waals surface area contributed by atoms with Crippen molar-refractivity contribution in [2.24, 2.45) is 0 Å². The molecule has 2 amide bonds. The molecule has 0 aliphatic carbocycles. The molecule has 4 aromatic rings. The lowest BCUT2D eigenvalue weighted by atomic mass is 10.1. The molecule has 0 aliphatic heterocycles. The number of aromatic nitrogens is 3. The van der Waals surface area contributed by atoms with Crippen molar-refractivity contribution in [2.75, 3.05) is 17.7 Å². The molecule has 0 radical (unpaired) electrons. The lowest BCUT2D eigenvalue weighted by molar-refractivity contribution is -0.111. The van der Waals surface area contributed by atoms with Gasteiger partial charge in [-0.05, 0) is 68.5 Å². The van der Waals surface area contributed by atoms with Crippen molar-refractivity contribution in [3.63, 3.8) is 0 Å². The number of methoxy groups -OCH3 is 1. The standard InChI is InChI=1S/C27H24FN5O3/c1-17-23(18(2)33(32-17)22-9-6-20(28)7-10-22)11-13-26(34)30-21-8-12-24(25(15-21)36-3)31-27(35)19-5-4-14-29-16-19/h4-16H,1-3H3,(H,30,34)(H,31,35)/b13-11+. The highest BCUT2D eigenvalue weighted by Gasteiger charge is 2.13. The number of pyridine rings is 1. The molecule has 0 saturated carbocycles. The van der Waals surface area contributed by atoms with E-state index in [0.717, 1.165) is 22.6 Å². The third kappa shape index (κ3) is 5.47. The molecule has 2 heterocycles. The van der Waals surface area contributed by atoms with Gasteiger partial charge in [-0.25, -0.2) is 9.07 Å². The maximum atomic E-state index is 13.3. The molecule has 2 N–H and O–H groups in total. The van der Waals surface area contributed by atoms with E-state index in [9.17, 15) is 14.0 Å². The molecule has 8 nitrogen and oxygen atoms in total. The van der Waals surface area contributed by atoms with Gasteiger partial charge in [-0.1, -0.05) is 0 Å². The summed E-state index contributed by atoms with van der Waals surface area (Å²) in [5.74, 6) is -0.607. The molecule has 36 heavy (non-hydrogen) atoms. The van der Waals surface area contributed by atoms with Gasteiger partial charge in [0.25, 0.3) is 5.91 Å². The maximum Gasteiger partial charge on any atom is 0.257 e. The molecule has 9 heteroatoms. The first-order valence-electron chi connectivity index (χ1n) is 11.1. The summed E-state index contributed by atoms with van der Waals surface area (Å²) in [5, 5.41) is 10.1. The van der Waals surface area contributed by atoms with Gasteiger partial charge in [-0.15, -0.1) is 0 Å². The number of ether oxygens (including phenoxy) is 1. The van der Waals surface area contributed by atoms with Crippen LogP contribution in [0.2, 0.25) is 0 Å². The number of amides is 2. The number of carbonyl (C=O) groups is 2. The Kier molecular flexibility index (Phi) is 7.20. The number of carbonyl (C=O) groups excluding carboxylic acids is 2. The number of hydrogen-bond acceptors (Lipinski definition) is 5. The van der Waals surface area contributed by atoms with Crippen molar-refractivity contribution in [1.29, 1.82) is 0 Å². The first kappa shape index (κ1) is 24.3. The molecule has 2 aromatic carbocycles. The van der Waals surface area contributed by atoms with E-state index in [-0.39, 0.29) is 17.6 Å². The number of hydrogen-bond donors (Lipinski definition) is 2. The van der Waals surface area contributed by atoms with Crippen molar-refractivity contribution in [1.82, 2.24) is 14.8 Å². The van der Waals surface area contributed by atoms with Crippen LogP contribution in [0.4, 0.5) is 15.8 Å². The molecule has 0 atom stereocenters. The van der Waals surface area contributed by atoms with E-state index < -0.39 is 0 Å². The molecule has 0 bridgehead atoms. The van der Waals surface area contributed by atoms with Gasteiger partial charge < -0.3 is 15.4 Å². The second-order valence-electron chi connectivity index (χ2n) is 7.91. The zero-order chi connectivity index (χ0) is 25.7. The van der Waals surface area contributed by atoms with E-state index in [1.165, 1.54) is 31.5 Å². The maximum absolute atomic E-state index is 13.3. The summed E-state index contributed by atoms with van der Waals surface area (Å²) in [4.78, 5) is 28.9. The zero-order valence-corrected chi connectivity index (χ0v) is 19.9. The molecule has 182 valence electrons. The van der Waals surface area contributed by atoms with Crippen molar-refractivity contribution in [2.45, 2.75) is 13.8 Å². The monoisotopic (exact) mass is 485 g/mol. The van der Waals surface area contributed by atoms with Crippen LogP contribution in [-0.4, -0.2) is 33.7 Å². The Bertz CT molecular complexity index is 1430. The van der Waals surface area contributed by atoms with Crippen LogP contribution in [0.25, 0.3) is 11.8 Å². The lowest BCUT2D eigenvalue weighted by Crippen LogP contribution is -2.13. The molecule has 0 saturated heterocycles. The number of rotatable bonds is 7. The van der Waals surface area contributed by atoms with Crippen LogP contribution in [0.1, 0.15) is 27.3 Å². The molecule has 0 unspecified atom stereocenters. The van der Waals surface area contributed by atoms with Gasteiger partial charge in [0.05, 0.1) is 29.7 Å². The highest BCUT2D eigenvalue weighted by Crippen LogP contribution is 2.28. The number of nitrogens with zero attached hydrogens (tertiary/aromatic N) is 3. The fourth-order valence-electron chi connectivity index (χ4n) is 3.64. The van der Waals surface area contributed by atoms with E-state index in [4.69, 9.17) is 4.74 Å². The second kappa shape index (κ2) is 10.6. The van der Waals surface area contributed by atoms with E-state index in [2.05, 4.69) is 20.7 Å². The Morgan fingerprint density at radius 1 is 1.06 bits per heavy atom. The fraction of sp³-hybridized carbons (Fsp3) is 0.111. The molecule has 2 aromatic heterocycles. The highest BCUT2D eigenvalue weighted by molar-refractivity contribution is 6.05. The van der Waals surface area contributed by atoms with E-state index >= 15 is 0 Å². The SMILES string of the molecule is COc1cc(NC(=O)/C=C/c2c(C)nn(-c3ccc(F)cc3)c2C)ccc1NC(=O)c1cccnc1. The van der Waals surface area contributed by atoms with Crippen molar-refractivity contribution >= 4 is 29.3 Å². The first-order valence-corrected chi connectivity index (χ1v) is 11.1. The summed E-state index contributed by atoms with van der Waals surface area (Å²) in [7, 11) is 1.48. The summed E-state index contributed by atoms with van der Waals surface area (Å²) in [6, 6.07) is 14.3. The Labute approximate surface area is 207 Å². The average molecular weight is 486 g/mol. The van der Waals surface area contributed by atoms with Gasteiger partial charge >= 0.3 is 0 Å². The molecule has 4 rings (SSSR count). The Hall–Kier alpha value is -4.79. The van der Waals surface area contributed by atoms with Gasteiger partial charge in [-0.2, -0.15) is 5.10 Å². The molecule has 0 aliphatic rings. The van der Waals surface area contributed by atoms with Crippen LogP contribution < -0.4 is 15.4 Å². The highest BCUT2D eigenvalue weighted by atomic mass is 19.1. The third-order valence-corrected chi connectivity index (χ3v) is 5.46. The van der Waals surface area contributed by atoms with Crippen LogP contribution in [0.5, 0.6) is 5.75 Å². The van der Waals surface area contributed by atoms with E-state index in [0.29, 0.717) is 22.7 Å². The van der Waals surface area contributed by atoms with Crippen LogP contribution in [0, 0.1) is 19.7 Å². The summed E-state index contributed by atoms with van der Waals surface area (Å²) in [6.45, 7) is 3.72. The van der Waals surface area contributed by atoms with Crippen LogP contribution >= 0.6 is 0 Å². The molecule has 0 fully saturated rings. The molecular weight excluding hydrogens is 461 g/mol. The van der Waals surface area contributed by atoms with Crippen molar-refractivity contribution in [3.05, 3.63) is 101 Å². The largest absolute Gasteiger partial charge is 0.494 e. The topological polar surface area (TPSA) is 98.1 Å². The molecule has 0 spiro atoms. The predicted molar refractivity (Wildman–Crippen MR) is 136 cm³/mol. The van der Waals surface area contributed by atoms with Crippen molar-refractivity contribution < 1.29 is 18.7 Å². The van der Waals surface area contributed by atoms with E-state index in [1.807, 2.05) is 13.8 Å². The zero-order valence-electron chi connectivity index (χ0n) is 19.9. The lowest BCUT2D eigenvalue weighted by Gasteiger charge is -2.12. The van der Waals surface area contributed by atoms with Crippen LogP contribution in [0.3, 0.4) is 0 Å². The quantitative estimate of drug-likeness (QED) is 0.362. The van der Waals surface area contributed by atoms with Gasteiger partial charge in [-0.3, -0.25) is 14.6 Å². The fourth-order valence-corrected chi connectivity index (χ4v) is 3.64. The smallest absolute Gasteiger partial charge is 0.257 e. The number of benzene rings is 2. The van der Waals surface area contributed by atoms with Gasteiger partial charge in [0.15, 0.2) is 0 Å². The Morgan fingerprint density at radius 3 is 2.53 bits per heavy atom. The second-order valence-corrected chi connectivity index (χ2v) is 7.91. The van der Waals surface area contributed by atoms with Gasteiger partial charge in [0, 0.05) is 41.5 Å². The van der Waals surface area contributed by atoms with Crippen molar-refractivity contribution in [3.8, 4) is 11.4 Å². The minimum atomic E-state index is -0.350. The number of halogens is 1. The summed E-state index contributed by atoms with van der Waals surface area (Å²) >= 11 is 0. The van der Waals surface area contributed by atoms with Gasteiger partial charge in [0.1, 0.15) is 11.6 Å². The van der Waals surface area contributed by atoms with Crippen LogP contribution in [0.15, 0.2) is 73.1 Å². The number of anilines is 2. The molecular formula is C27H24FN5O3. The van der Waals surface area contributed by atoms with E-state index in [1.54, 1.807) is 59.4 Å². The minimum Gasteiger partial charge on any atom is -0.494 e. The number of nitrogens with one attached hydrogen (secondary N) is 2. The van der Waals surface area contributed by atoms with Crippen LogP contribution in [-0.2, 0) is 4.79 Å². The minimum absolute atomic E-state index is 0.322. The number of aryl methyl sites for hydroxylation is 1. The normalized spacial score (nSPS) is 10.9. The summed E-state index contributed by atoms with van der Waals surface area (Å²) in [5.41, 5.74) is 4.44. The first-order chi connectivity index (χ1) is 17.4.